The van der Waals surface area contributed by atoms with Crippen molar-refractivity contribution in [2.24, 2.45) is 34.5 Å². The van der Waals surface area contributed by atoms with Crippen molar-refractivity contribution in [3.63, 3.8) is 0 Å². The lowest BCUT2D eigenvalue weighted by atomic mass is 9.44. The lowest BCUT2D eigenvalue weighted by Crippen LogP contribution is -2.72. The lowest BCUT2D eigenvalue weighted by molar-refractivity contribution is -0.313. The van der Waals surface area contributed by atoms with E-state index in [4.69, 9.17) is 4.74 Å². The van der Waals surface area contributed by atoms with Crippen molar-refractivity contribution in [3.8, 4) is 0 Å². The minimum atomic E-state index is -3.17. The maximum absolute atomic E-state index is 14.5. The molecule has 5 aliphatic carbocycles. The van der Waals surface area contributed by atoms with Crippen molar-refractivity contribution in [1.82, 2.24) is 0 Å². The maximum Gasteiger partial charge on any atom is 0.217 e. The van der Waals surface area contributed by atoms with Gasteiger partial charge in [0.15, 0.2) is 28.7 Å². The Balaban J connectivity index is 1.74. The van der Waals surface area contributed by atoms with E-state index in [0.717, 1.165) is 26.0 Å². The molecule has 13 nitrogen and oxygen atoms in total. The van der Waals surface area contributed by atoms with E-state index in [-0.39, 0.29) is 11.1 Å². The number of rotatable bonds is 6. The van der Waals surface area contributed by atoms with E-state index in [1.54, 1.807) is 39.0 Å². The van der Waals surface area contributed by atoms with E-state index in [9.17, 15) is 59.7 Å². The van der Waals surface area contributed by atoms with Gasteiger partial charge >= 0.3 is 0 Å². The molecule has 5 fully saturated rings. The molecule has 1 heterocycles. The molecule has 13 heteroatoms. The van der Waals surface area contributed by atoms with Crippen molar-refractivity contribution >= 4 is 28.9 Å². The molecule has 0 aromatic rings. The van der Waals surface area contributed by atoms with Gasteiger partial charge in [0.25, 0.3) is 0 Å². The Kier molecular flexibility index (Phi) is 9.80. The number of fused-ring (bicyclic) bond motifs is 6. The summed E-state index contributed by atoms with van der Waals surface area (Å²) in [6.45, 7) is 12.0. The molecule has 4 saturated carbocycles. The fourth-order valence-corrected chi connectivity index (χ4v) is 9.83. The van der Waals surface area contributed by atoms with Gasteiger partial charge in [0.05, 0.1) is 10.8 Å². The predicted molar refractivity (Wildman–Crippen MR) is 198 cm³/mol. The quantitative estimate of drug-likeness (QED) is 0.0652. The zero-order valence-corrected chi connectivity index (χ0v) is 32.2. The van der Waals surface area contributed by atoms with Crippen molar-refractivity contribution in [3.05, 3.63) is 106 Å². The smallest absolute Gasteiger partial charge is 0.217 e. The lowest BCUT2D eigenvalue weighted by Gasteiger charge is -2.57. The first kappa shape index (κ1) is 41.2. The molecule has 294 valence electrons. The van der Waals surface area contributed by atoms with Gasteiger partial charge in [0, 0.05) is 34.5 Å². The second-order valence-electron chi connectivity index (χ2n) is 15.9. The van der Waals surface area contributed by atoms with Crippen LogP contribution in [0.1, 0.15) is 62.3 Å². The molecular formula is C42H48O13. The van der Waals surface area contributed by atoms with Gasteiger partial charge in [0.2, 0.25) is 11.6 Å². The van der Waals surface area contributed by atoms with Gasteiger partial charge in [0.1, 0.15) is 39.8 Å². The first-order valence-electron chi connectivity index (χ1n) is 17.9. The molecule has 6 rings (SSSR count). The fraction of sp³-hybridized carbons (Fsp3) is 0.452. The highest BCUT2D eigenvalue weighted by atomic mass is 16.7. The SMILES string of the molecule is C/C=C/C=CC(O)=C1C(=O)[C@](C)(O)[C@]2(O)O[C@]3(C)C(=O)C(C)=C(O)/C(=C(O)/C=C\[C@H]4[C@H](C)[C@H]5C(=C(O)/C=C/C=C/C)C(=O)[C@]4(C)C(=O)[C@@]5(C)O)[C@@H]3[C@]2(C)C1=O. The van der Waals surface area contributed by atoms with Crippen LogP contribution >= 0.6 is 0 Å². The molecule has 1 saturated heterocycles. The fourth-order valence-electron chi connectivity index (χ4n) is 9.83. The number of carbonyl (C=O) groups is 5. The van der Waals surface area contributed by atoms with Gasteiger partial charge in [-0.2, -0.15) is 0 Å². The Labute approximate surface area is 318 Å². The summed E-state index contributed by atoms with van der Waals surface area (Å²) in [5, 5.41) is 80.8. The zero-order chi connectivity index (χ0) is 41.6. The minimum absolute atomic E-state index is 0.134. The molecule has 1 aliphatic heterocycles. The van der Waals surface area contributed by atoms with Gasteiger partial charge < -0.3 is 40.5 Å². The summed E-state index contributed by atoms with van der Waals surface area (Å²) in [4.78, 5) is 70.1. The number of Topliss-reactive ketones (excluding diaryl/α,β-unsaturated/α-hetero) is 5. The Hall–Kier alpha value is -4.95. The van der Waals surface area contributed by atoms with Crippen LogP contribution < -0.4 is 0 Å². The van der Waals surface area contributed by atoms with Crippen LogP contribution in [0.3, 0.4) is 0 Å². The number of allylic oxidation sites excluding steroid dienone is 11. The molecule has 2 bridgehead atoms. The monoisotopic (exact) mass is 760 g/mol. The number of ether oxygens (including phenoxy) is 1. The molecule has 0 aromatic carbocycles. The summed E-state index contributed by atoms with van der Waals surface area (Å²) in [6.07, 6.45) is 13.9. The highest BCUT2D eigenvalue weighted by Gasteiger charge is 2.83. The summed E-state index contributed by atoms with van der Waals surface area (Å²) >= 11 is 0. The van der Waals surface area contributed by atoms with Crippen LogP contribution in [0.5, 0.6) is 0 Å². The van der Waals surface area contributed by atoms with Gasteiger partial charge in [-0.05, 0) is 79.5 Å². The summed E-state index contributed by atoms with van der Waals surface area (Å²) in [5.41, 5.74) is -13.8. The number of hydrogen-bond donors (Lipinski definition) is 7. The van der Waals surface area contributed by atoms with Crippen molar-refractivity contribution in [1.29, 1.82) is 0 Å². The van der Waals surface area contributed by atoms with E-state index >= 15 is 0 Å². The predicted octanol–water partition coefficient (Wildman–Crippen LogP) is 4.45. The molecule has 0 spiro atoms. The largest absolute Gasteiger partial charge is 0.508 e. The van der Waals surface area contributed by atoms with Crippen LogP contribution in [0, 0.1) is 34.5 Å². The molecule has 6 aliphatic rings. The Morgan fingerprint density at radius 1 is 0.709 bits per heavy atom. The van der Waals surface area contributed by atoms with Crippen LogP contribution in [0.15, 0.2) is 106 Å². The number of aliphatic hydroxyl groups excluding tert-OH is 4. The number of aliphatic hydroxyl groups is 7. The normalized spacial score (nSPS) is 43.6. The molecule has 0 amide bonds. The van der Waals surface area contributed by atoms with Crippen LogP contribution in [-0.2, 0) is 28.7 Å². The van der Waals surface area contributed by atoms with E-state index in [0.29, 0.717) is 0 Å². The Bertz CT molecular complexity index is 2100. The summed E-state index contributed by atoms with van der Waals surface area (Å²) < 4.78 is 5.94. The maximum atomic E-state index is 14.5. The molecule has 55 heavy (non-hydrogen) atoms. The van der Waals surface area contributed by atoms with Crippen LogP contribution in [0.25, 0.3) is 0 Å². The average molecular weight is 761 g/mol. The number of ketones is 5. The first-order chi connectivity index (χ1) is 25.3. The second kappa shape index (κ2) is 13.1. The van der Waals surface area contributed by atoms with Crippen molar-refractivity contribution in [2.45, 2.75) is 84.9 Å². The highest BCUT2D eigenvalue weighted by Crippen LogP contribution is 2.67. The van der Waals surface area contributed by atoms with Gasteiger partial charge in [-0.15, -0.1) is 0 Å². The molecule has 0 unspecified atom stereocenters. The summed E-state index contributed by atoms with van der Waals surface area (Å²) in [6, 6.07) is 0. The van der Waals surface area contributed by atoms with Crippen molar-refractivity contribution < 1.29 is 64.5 Å². The third-order valence-electron chi connectivity index (χ3n) is 12.6. The van der Waals surface area contributed by atoms with E-state index in [1.807, 2.05) is 0 Å². The van der Waals surface area contributed by atoms with E-state index in [1.165, 1.54) is 58.1 Å². The van der Waals surface area contributed by atoms with E-state index in [2.05, 4.69) is 0 Å². The molecule has 0 radical (unpaired) electrons. The van der Waals surface area contributed by atoms with Gasteiger partial charge in [-0.25, -0.2) is 0 Å². The molecule has 10 atom stereocenters. The standard InChI is InChI=1S/C42H48O13/c1-10-12-14-16-23(43)26-29-20(3)22(37(5,33(26)48)36(51)39(29,7)52)18-19-25(45)27-30(46)21(4)32(47)40(8)31(27)38(6)34(49)28(24(44)17-15-13-11-2)35(50)41(9,53)42(38,54)55-40/h10-20,22,29,31,43-46,52-54H,1-9H3/b12-10+,13-11+,16-14+,17-15?,19-18-,26-23?,27-25+,28-24?/t20-,22-,29-,31+,37+,38+,39-,40-,41-,42+/m0/s1. The van der Waals surface area contributed by atoms with Crippen LogP contribution in [0.4, 0.5) is 0 Å². The van der Waals surface area contributed by atoms with Gasteiger partial charge in [-0.3, -0.25) is 24.0 Å². The molecule has 0 aromatic heterocycles. The first-order valence-corrected chi connectivity index (χ1v) is 17.9. The minimum Gasteiger partial charge on any atom is -0.508 e. The number of hydrogen-bond acceptors (Lipinski definition) is 13. The van der Waals surface area contributed by atoms with Crippen LogP contribution in [0.2, 0.25) is 0 Å². The second-order valence-corrected chi connectivity index (χ2v) is 15.9. The number of carbonyl (C=O) groups excluding carboxylic acids is 5. The average Bonchev–Trinajstić information content (AvgIpc) is 3.31. The van der Waals surface area contributed by atoms with Crippen LogP contribution in [-0.4, -0.2) is 87.3 Å². The molecular weight excluding hydrogens is 712 g/mol. The summed E-state index contributed by atoms with van der Waals surface area (Å²) in [5.74, 6) is -16.0. The highest BCUT2D eigenvalue weighted by molar-refractivity contribution is 6.29. The third kappa shape index (κ3) is 5.09. The zero-order valence-electron chi connectivity index (χ0n) is 32.2. The Morgan fingerprint density at radius 2 is 1.24 bits per heavy atom. The third-order valence-corrected chi connectivity index (χ3v) is 12.6. The Morgan fingerprint density at radius 3 is 1.78 bits per heavy atom. The summed E-state index contributed by atoms with van der Waals surface area (Å²) in [7, 11) is 0. The van der Waals surface area contributed by atoms with E-state index < -0.39 is 120 Å². The molecule has 7 N–H and O–H groups in total. The topological polar surface area (TPSA) is 236 Å². The van der Waals surface area contributed by atoms with Gasteiger partial charge in [-0.1, -0.05) is 49.5 Å². The van der Waals surface area contributed by atoms with Crippen molar-refractivity contribution in [2.75, 3.05) is 0 Å².